The predicted molar refractivity (Wildman–Crippen MR) is 68.9 cm³/mol. The third kappa shape index (κ3) is 21.1. The largest absolute Gasteiger partial charge is 0.461 e. The molecule has 0 bridgehead atoms. The molecule has 0 amide bonds. The fraction of sp³-hybridized carbons (Fsp3) is 0.769. The molecule has 0 radical (unpaired) electrons. The van der Waals surface area contributed by atoms with Crippen molar-refractivity contribution in [2.45, 2.75) is 39.5 Å². The first-order chi connectivity index (χ1) is 8.22. The zero-order valence-electron chi connectivity index (χ0n) is 11.1. The molecule has 0 aliphatic rings. The van der Waals surface area contributed by atoms with Crippen molar-refractivity contribution >= 4 is 5.97 Å². The third-order valence-electron chi connectivity index (χ3n) is 1.78. The van der Waals surface area contributed by atoms with E-state index in [9.17, 15) is 4.79 Å². The quantitative estimate of drug-likeness (QED) is 0.385. The van der Waals surface area contributed by atoms with Gasteiger partial charge < -0.3 is 14.6 Å². The van der Waals surface area contributed by atoms with E-state index >= 15 is 0 Å². The summed E-state index contributed by atoms with van der Waals surface area (Å²) in [7, 11) is 0. The molecule has 0 rings (SSSR count). The van der Waals surface area contributed by atoms with E-state index in [1.54, 1.807) is 13.0 Å². The molecule has 102 valence electrons. The number of ether oxygens (including phenoxy) is 2. The van der Waals surface area contributed by atoms with Gasteiger partial charge in [0.1, 0.15) is 6.61 Å². The Morgan fingerprint density at radius 2 is 2.00 bits per heavy atom. The second-order valence-corrected chi connectivity index (χ2v) is 3.37. The second-order valence-electron chi connectivity index (χ2n) is 3.37. The minimum absolute atomic E-state index is 0.145. The molecule has 17 heavy (non-hydrogen) atoms. The monoisotopic (exact) mass is 246 g/mol. The summed E-state index contributed by atoms with van der Waals surface area (Å²) in [5.41, 5.74) is 0. The van der Waals surface area contributed by atoms with Crippen molar-refractivity contribution in [2.24, 2.45) is 0 Å². The van der Waals surface area contributed by atoms with Crippen molar-refractivity contribution in [2.75, 3.05) is 26.4 Å². The third-order valence-corrected chi connectivity index (χ3v) is 1.78. The van der Waals surface area contributed by atoms with Crippen molar-refractivity contribution in [3.8, 4) is 0 Å². The SMILES string of the molecule is C=CCOC(=O)CC.CCCCCOCCO. The summed E-state index contributed by atoms with van der Waals surface area (Å²) in [6.45, 7) is 9.06. The summed E-state index contributed by atoms with van der Waals surface area (Å²) in [4.78, 5) is 10.3. The zero-order chi connectivity index (χ0) is 13.4. The van der Waals surface area contributed by atoms with Crippen LogP contribution in [0.4, 0.5) is 0 Å². The molecule has 0 spiro atoms. The minimum Gasteiger partial charge on any atom is -0.461 e. The first-order valence-corrected chi connectivity index (χ1v) is 6.17. The van der Waals surface area contributed by atoms with Gasteiger partial charge in [0.05, 0.1) is 13.2 Å². The van der Waals surface area contributed by atoms with Crippen molar-refractivity contribution in [1.82, 2.24) is 0 Å². The van der Waals surface area contributed by atoms with Crippen LogP contribution in [0.5, 0.6) is 0 Å². The average Bonchev–Trinajstić information content (AvgIpc) is 2.36. The number of aliphatic hydroxyl groups excluding tert-OH is 1. The molecule has 0 aromatic heterocycles. The number of carbonyl (C=O) groups excluding carboxylic acids is 1. The smallest absolute Gasteiger partial charge is 0.305 e. The van der Waals surface area contributed by atoms with Gasteiger partial charge in [-0.25, -0.2) is 0 Å². The van der Waals surface area contributed by atoms with Gasteiger partial charge in [-0.15, -0.1) is 0 Å². The molecular weight excluding hydrogens is 220 g/mol. The van der Waals surface area contributed by atoms with E-state index in [1.165, 1.54) is 12.8 Å². The van der Waals surface area contributed by atoms with Gasteiger partial charge in [-0.05, 0) is 6.42 Å². The lowest BCUT2D eigenvalue weighted by Gasteiger charge is -1.98. The lowest BCUT2D eigenvalue weighted by molar-refractivity contribution is -0.141. The molecule has 0 heterocycles. The number of hydrogen-bond acceptors (Lipinski definition) is 4. The van der Waals surface area contributed by atoms with Crippen LogP contribution in [0.15, 0.2) is 12.7 Å². The van der Waals surface area contributed by atoms with Crippen LogP contribution in [-0.4, -0.2) is 37.5 Å². The molecule has 0 saturated heterocycles. The summed E-state index contributed by atoms with van der Waals surface area (Å²) >= 11 is 0. The number of aliphatic hydroxyl groups is 1. The average molecular weight is 246 g/mol. The molecule has 4 nitrogen and oxygen atoms in total. The van der Waals surface area contributed by atoms with Crippen molar-refractivity contribution in [3.05, 3.63) is 12.7 Å². The Bertz CT molecular complexity index is 163. The van der Waals surface area contributed by atoms with Crippen LogP contribution in [0.25, 0.3) is 0 Å². The van der Waals surface area contributed by atoms with Crippen LogP contribution in [0.1, 0.15) is 39.5 Å². The van der Waals surface area contributed by atoms with E-state index in [2.05, 4.69) is 18.2 Å². The van der Waals surface area contributed by atoms with Crippen LogP contribution < -0.4 is 0 Å². The molecule has 0 aliphatic carbocycles. The van der Waals surface area contributed by atoms with E-state index in [1.807, 2.05) is 0 Å². The summed E-state index contributed by atoms with van der Waals surface area (Å²) in [6.07, 6.45) is 5.56. The van der Waals surface area contributed by atoms with Gasteiger partial charge >= 0.3 is 5.97 Å². The minimum atomic E-state index is -0.176. The first kappa shape index (κ1) is 18.5. The van der Waals surface area contributed by atoms with Crippen LogP contribution in [0, 0.1) is 0 Å². The molecule has 4 heteroatoms. The Labute approximate surface area is 105 Å². The molecule has 0 atom stereocenters. The summed E-state index contributed by atoms with van der Waals surface area (Å²) in [5.74, 6) is -0.176. The number of unbranched alkanes of at least 4 members (excludes halogenated alkanes) is 2. The second kappa shape index (κ2) is 17.5. The van der Waals surface area contributed by atoms with Gasteiger partial charge in [-0.3, -0.25) is 4.79 Å². The maximum atomic E-state index is 10.3. The van der Waals surface area contributed by atoms with Crippen LogP contribution in [-0.2, 0) is 14.3 Å². The standard InChI is InChI=1S/C7H16O2.C6H10O2/c1-2-3-4-6-9-7-5-8;1-3-5-8-6(7)4-2/h8H,2-7H2,1H3;3H,1,4-5H2,2H3. The highest BCUT2D eigenvalue weighted by Gasteiger charge is 1.92. The molecule has 0 saturated carbocycles. The summed E-state index contributed by atoms with van der Waals surface area (Å²) in [5, 5.41) is 8.30. The summed E-state index contributed by atoms with van der Waals surface area (Å²) in [6, 6.07) is 0. The van der Waals surface area contributed by atoms with Crippen LogP contribution >= 0.6 is 0 Å². The van der Waals surface area contributed by atoms with E-state index in [0.717, 1.165) is 13.0 Å². The van der Waals surface area contributed by atoms with Crippen molar-refractivity contribution in [3.63, 3.8) is 0 Å². The number of hydrogen-bond donors (Lipinski definition) is 1. The molecular formula is C13H26O4. The number of carbonyl (C=O) groups is 1. The van der Waals surface area contributed by atoms with Crippen LogP contribution in [0.2, 0.25) is 0 Å². The molecule has 0 aromatic rings. The Morgan fingerprint density at radius 3 is 2.47 bits per heavy atom. The fourth-order valence-corrected chi connectivity index (χ4v) is 0.875. The lowest BCUT2D eigenvalue weighted by Crippen LogP contribution is -2.00. The van der Waals surface area contributed by atoms with Crippen LogP contribution in [0.3, 0.4) is 0 Å². The highest BCUT2D eigenvalue weighted by molar-refractivity contribution is 5.68. The Hall–Kier alpha value is -0.870. The highest BCUT2D eigenvalue weighted by Crippen LogP contribution is 1.93. The van der Waals surface area contributed by atoms with E-state index in [0.29, 0.717) is 19.6 Å². The van der Waals surface area contributed by atoms with Gasteiger partial charge in [0.15, 0.2) is 0 Å². The highest BCUT2D eigenvalue weighted by atomic mass is 16.5. The van der Waals surface area contributed by atoms with Gasteiger partial charge in [-0.2, -0.15) is 0 Å². The molecule has 0 fully saturated rings. The predicted octanol–water partition coefficient (Wildman–Crippen LogP) is 2.31. The van der Waals surface area contributed by atoms with Gasteiger partial charge in [0.25, 0.3) is 0 Å². The number of rotatable bonds is 9. The molecule has 1 N–H and O–H groups in total. The van der Waals surface area contributed by atoms with Crippen molar-refractivity contribution < 1.29 is 19.4 Å². The van der Waals surface area contributed by atoms with Gasteiger partial charge in [0.2, 0.25) is 0 Å². The Balaban J connectivity index is 0. The summed E-state index contributed by atoms with van der Waals surface area (Å²) < 4.78 is 9.62. The molecule has 0 aliphatic heterocycles. The topological polar surface area (TPSA) is 55.8 Å². The van der Waals surface area contributed by atoms with E-state index in [-0.39, 0.29) is 12.6 Å². The van der Waals surface area contributed by atoms with E-state index in [4.69, 9.17) is 9.84 Å². The molecule has 0 unspecified atom stereocenters. The first-order valence-electron chi connectivity index (χ1n) is 6.17. The Kier molecular flexibility index (Phi) is 19.1. The number of esters is 1. The zero-order valence-corrected chi connectivity index (χ0v) is 11.1. The normalized spacial score (nSPS) is 9.12. The lowest BCUT2D eigenvalue weighted by atomic mass is 10.3. The van der Waals surface area contributed by atoms with Gasteiger partial charge in [-0.1, -0.05) is 39.3 Å². The van der Waals surface area contributed by atoms with E-state index < -0.39 is 0 Å². The van der Waals surface area contributed by atoms with Crippen molar-refractivity contribution in [1.29, 1.82) is 0 Å². The maximum absolute atomic E-state index is 10.3. The maximum Gasteiger partial charge on any atom is 0.305 e. The molecule has 0 aromatic carbocycles. The Morgan fingerprint density at radius 1 is 1.29 bits per heavy atom. The van der Waals surface area contributed by atoms with Gasteiger partial charge in [0, 0.05) is 13.0 Å². The fourth-order valence-electron chi connectivity index (χ4n) is 0.875.